The van der Waals surface area contributed by atoms with E-state index >= 15 is 0 Å². The van der Waals surface area contributed by atoms with Crippen molar-refractivity contribution in [1.29, 1.82) is 0 Å². The second-order valence-electron chi connectivity index (χ2n) is 4.39. The molecule has 0 saturated carbocycles. The van der Waals surface area contributed by atoms with Crippen molar-refractivity contribution in [2.24, 2.45) is 0 Å². The number of aromatic nitrogens is 3. The van der Waals surface area contributed by atoms with Gasteiger partial charge < -0.3 is 5.32 Å². The molecule has 0 saturated heterocycles. The van der Waals surface area contributed by atoms with Crippen molar-refractivity contribution in [2.75, 3.05) is 5.32 Å². The van der Waals surface area contributed by atoms with Gasteiger partial charge in [-0.25, -0.2) is 19.3 Å². The van der Waals surface area contributed by atoms with Crippen LogP contribution in [0, 0.1) is 19.7 Å². The van der Waals surface area contributed by atoms with E-state index in [1.54, 1.807) is 11.3 Å². The maximum Gasteiger partial charge on any atom is 0.186 e. The van der Waals surface area contributed by atoms with Gasteiger partial charge in [0.15, 0.2) is 11.6 Å². The summed E-state index contributed by atoms with van der Waals surface area (Å²) < 4.78 is 14.1. The number of nitrogens with zero attached hydrogens (tertiary/aromatic N) is 3. The third kappa shape index (κ3) is 2.89. The Labute approximate surface area is 116 Å². The van der Waals surface area contributed by atoms with Gasteiger partial charge in [-0.05, 0) is 27.2 Å². The third-order valence-corrected chi connectivity index (χ3v) is 4.14. The molecular weight excluding hydrogens is 263 g/mol. The predicted octanol–water partition coefficient (Wildman–Crippen LogP) is 3.42. The molecule has 1 N–H and O–H groups in total. The van der Waals surface area contributed by atoms with Crippen LogP contribution in [-0.4, -0.2) is 15.0 Å². The number of thiazole rings is 1. The Morgan fingerprint density at radius 3 is 2.68 bits per heavy atom. The number of anilines is 1. The summed E-state index contributed by atoms with van der Waals surface area (Å²) in [6.45, 7) is 7.78. The number of aryl methyl sites for hydroxylation is 3. The van der Waals surface area contributed by atoms with Gasteiger partial charge in [-0.2, -0.15) is 0 Å². The quantitative estimate of drug-likeness (QED) is 0.932. The zero-order valence-corrected chi connectivity index (χ0v) is 12.3. The number of nitrogens with one attached hydrogen (secondary N) is 1. The minimum Gasteiger partial charge on any atom is -0.360 e. The summed E-state index contributed by atoms with van der Waals surface area (Å²) in [7, 11) is 0. The Morgan fingerprint density at radius 2 is 2.11 bits per heavy atom. The monoisotopic (exact) mass is 280 g/mol. The molecule has 2 aromatic heterocycles. The summed E-state index contributed by atoms with van der Waals surface area (Å²) in [5.41, 5.74) is 1.41. The molecule has 0 radical (unpaired) electrons. The topological polar surface area (TPSA) is 50.7 Å². The smallest absolute Gasteiger partial charge is 0.186 e. The second kappa shape index (κ2) is 5.61. The van der Waals surface area contributed by atoms with Gasteiger partial charge in [-0.1, -0.05) is 6.92 Å². The molecular formula is C13H17FN4S. The van der Waals surface area contributed by atoms with Crippen LogP contribution in [0.4, 0.5) is 10.2 Å². The molecule has 19 heavy (non-hydrogen) atoms. The van der Waals surface area contributed by atoms with Gasteiger partial charge in [0, 0.05) is 4.88 Å². The molecule has 4 nitrogen and oxygen atoms in total. The molecule has 0 fully saturated rings. The van der Waals surface area contributed by atoms with Crippen molar-refractivity contribution < 1.29 is 4.39 Å². The molecule has 0 amide bonds. The third-order valence-electron chi connectivity index (χ3n) is 2.88. The number of hydrogen-bond donors (Lipinski definition) is 1. The van der Waals surface area contributed by atoms with Crippen molar-refractivity contribution in [1.82, 2.24) is 15.0 Å². The molecule has 0 aromatic carbocycles. The van der Waals surface area contributed by atoms with Crippen LogP contribution in [-0.2, 0) is 6.42 Å². The van der Waals surface area contributed by atoms with Gasteiger partial charge in [0.1, 0.15) is 6.33 Å². The minimum absolute atomic E-state index is 0.0275. The van der Waals surface area contributed by atoms with Crippen molar-refractivity contribution in [3.05, 3.63) is 33.4 Å². The Bertz CT molecular complexity index is 582. The van der Waals surface area contributed by atoms with E-state index in [0.29, 0.717) is 12.1 Å². The fourth-order valence-corrected chi connectivity index (χ4v) is 2.90. The largest absolute Gasteiger partial charge is 0.360 e. The standard InChI is InChI=1S/C13H17FN4S/c1-5-10-11(14)13(16-6-15-10)18-8(3)12-7(2)17-9(4)19-12/h6,8H,5H2,1-4H3,(H,15,16,18). The average molecular weight is 280 g/mol. The SMILES string of the molecule is CCc1ncnc(NC(C)c2sc(C)nc2C)c1F. The Hall–Kier alpha value is -1.56. The van der Waals surface area contributed by atoms with E-state index in [9.17, 15) is 4.39 Å². The number of rotatable bonds is 4. The van der Waals surface area contributed by atoms with Crippen LogP contribution in [0.25, 0.3) is 0 Å². The van der Waals surface area contributed by atoms with E-state index in [1.807, 2.05) is 27.7 Å². The van der Waals surface area contributed by atoms with Crippen LogP contribution in [0.3, 0.4) is 0 Å². The van der Waals surface area contributed by atoms with Crippen LogP contribution >= 0.6 is 11.3 Å². The van der Waals surface area contributed by atoms with E-state index in [-0.39, 0.29) is 17.7 Å². The summed E-state index contributed by atoms with van der Waals surface area (Å²) >= 11 is 1.62. The lowest BCUT2D eigenvalue weighted by Gasteiger charge is -2.14. The molecule has 6 heteroatoms. The Balaban J connectivity index is 2.24. The normalized spacial score (nSPS) is 12.5. The van der Waals surface area contributed by atoms with E-state index in [2.05, 4.69) is 20.3 Å². The zero-order chi connectivity index (χ0) is 14.0. The highest BCUT2D eigenvalue weighted by Crippen LogP contribution is 2.27. The molecule has 2 heterocycles. The molecule has 0 aliphatic heterocycles. The highest BCUT2D eigenvalue weighted by molar-refractivity contribution is 7.11. The highest BCUT2D eigenvalue weighted by atomic mass is 32.1. The van der Waals surface area contributed by atoms with E-state index < -0.39 is 0 Å². The molecule has 1 unspecified atom stereocenters. The van der Waals surface area contributed by atoms with Crippen LogP contribution in [0.2, 0.25) is 0 Å². The van der Waals surface area contributed by atoms with Crippen molar-refractivity contribution in [2.45, 2.75) is 40.2 Å². The van der Waals surface area contributed by atoms with Crippen molar-refractivity contribution >= 4 is 17.2 Å². The first-order valence-electron chi connectivity index (χ1n) is 6.22. The summed E-state index contributed by atoms with van der Waals surface area (Å²) in [5, 5.41) is 4.11. The molecule has 0 spiro atoms. The molecule has 2 aromatic rings. The molecule has 0 aliphatic rings. The van der Waals surface area contributed by atoms with Gasteiger partial charge in [0.25, 0.3) is 0 Å². The summed E-state index contributed by atoms with van der Waals surface area (Å²) in [4.78, 5) is 13.4. The number of hydrogen-bond acceptors (Lipinski definition) is 5. The maximum absolute atomic E-state index is 14.1. The van der Waals surface area contributed by atoms with Gasteiger partial charge >= 0.3 is 0 Å². The Kier molecular flexibility index (Phi) is 4.09. The van der Waals surface area contributed by atoms with Crippen molar-refractivity contribution in [3.8, 4) is 0 Å². The first-order chi connectivity index (χ1) is 9.02. The lowest BCUT2D eigenvalue weighted by atomic mass is 10.2. The summed E-state index contributed by atoms with van der Waals surface area (Å²) in [5.74, 6) is -0.111. The van der Waals surface area contributed by atoms with Gasteiger partial charge in [-0.3, -0.25) is 0 Å². The lowest BCUT2D eigenvalue weighted by molar-refractivity contribution is 0.594. The fraction of sp³-hybridized carbons (Fsp3) is 0.462. The molecule has 1 atom stereocenters. The highest BCUT2D eigenvalue weighted by Gasteiger charge is 2.16. The van der Waals surface area contributed by atoms with E-state index in [4.69, 9.17) is 0 Å². The molecule has 2 rings (SSSR count). The van der Waals surface area contributed by atoms with Crippen LogP contribution < -0.4 is 5.32 Å². The first kappa shape index (κ1) is 13.9. The summed E-state index contributed by atoms with van der Waals surface area (Å²) in [6.07, 6.45) is 1.94. The zero-order valence-electron chi connectivity index (χ0n) is 11.5. The van der Waals surface area contributed by atoms with E-state index in [0.717, 1.165) is 15.6 Å². The average Bonchev–Trinajstić information content (AvgIpc) is 2.71. The van der Waals surface area contributed by atoms with E-state index in [1.165, 1.54) is 6.33 Å². The minimum atomic E-state index is -0.365. The summed E-state index contributed by atoms with van der Waals surface area (Å²) in [6, 6.07) is -0.0275. The van der Waals surface area contributed by atoms with Gasteiger partial charge in [0.2, 0.25) is 0 Å². The maximum atomic E-state index is 14.1. The first-order valence-corrected chi connectivity index (χ1v) is 7.04. The molecule has 0 bridgehead atoms. The lowest BCUT2D eigenvalue weighted by Crippen LogP contribution is -2.11. The van der Waals surface area contributed by atoms with Crippen LogP contribution in [0.15, 0.2) is 6.33 Å². The van der Waals surface area contributed by atoms with Crippen LogP contribution in [0.5, 0.6) is 0 Å². The second-order valence-corrected chi connectivity index (χ2v) is 5.62. The molecule has 102 valence electrons. The fourth-order valence-electron chi connectivity index (χ4n) is 1.97. The number of halogens is 1. The van der Waals surface area contributed by atoms with Gasteiger partial charge in [-0.15, -0.1) is 11.3 Å². The molecule has 0 aliphatic carbocycles. The predicted molar refractivity (Wildman–Crippen MR) is 75.0 cm³/mol. The van der Waals surface area contributed by atoms with Crippen LogP contribution in [0.1, 0.15) is 41.2 Å². The van der Waals surface area contributed by atoms with Gasteiger partial charge in [0.05, 0.1) is 22.4 Å². The Morgan fingerprint density at radius 1 is 1.37 bits per heavy atom. The van der Waals surface area contributed by atoms with Crippen molar-refractivity contribution in [3.63, 3.8) is 0 Å².